The first-order valence-corrected chi connectivity index (χ1v) is 9.48. The van der Waals surface area contributed by atoms with Crippen LogP contribution >= 0.6 is 0 Å². The molecule has 0 aromatic heterocycles. The first-order valence-electron chi connectivity index (χ1n) is 9.48. The molecule has 0 aliphatic heterocycles. The minimum absolute atomic E-state index is 0.534. The number of benzene rings is 3. The summed E-state index contributed by atoms with van der Waals surface area (Å²) in [6.45, 7) is 4.42. The molecule has 0 fully saturated rings. The smallest absolute Gasteiger partial charge is 0.161 e. The van der Waals surface area contributed by atoms with Gasteiger partial charge in [-0.05, 0) is 60.5 Å². The van der Waals surface area contributed by atoms with E-state index < -0.39 is 0 Å². The molecule has 0 spiro atoms. The zero-order valence-electron chi connectivity index (χ0n) is 16.8. The molecule has 3 rings (SSSR count). The lowest BCUT2D eigenvalue weighted by atomic mass is 10.1. The molecule has 0 saturated heterocycles. The van der Waals surface area contributed by atoms with Crippen molar-refractivity contribution < 1.29 is 19.5 Å². The van der Waals surface area contributed by atoms with Crippen LogP contribution in [0.25, 0.3) is 0 Å². The van der Waals surface area contributed by atoms with Gasteiger partial charge in [0.2, 0.25) is 0 Å². The maximum absolute atomic E-state index is 6.00. The van der Waals surface area contributed by atoms with E-state index in [1.165, 1.54) is 22.3 Å². The highest BCUT2D eigenvalue weighted by atomic mass is 16.5. The minimum atomic E-state index is 0.534. The number of quaternary nitrogens is 1. The maximum Gasteiger partial charge on any atom is 0.161 e. The largest absolute Gasteiger partial charge is 0.497 e. The summed E-state index contributed by atoms with van der Waals surface area (Å²) in [7, 11) is 3.36. The summed E-state index contributed by atoms with van der Waals surface area (Å²) in [6.07, 6.45) is 0. The van der Waals surface area contributed by atoms with Crippen molar-refractivity contribution in [3.63, 3.8) is 0 Å². The van der Waals surface area contributed by atoms with Crippen molar-refractivity contribution >= 4 is 0 Å². The molecular weight excluding hydrogens is 350 g/mol. The van der Waals surface area contributed by atoms with E-state index in [4.69, 9.17) is 14.2 Å². The van der Waals surface area contributed by atoms with Gasteiger partial charge in [-0.3, -0.25) is 0 Å². The topological polar surface area (TPSA) is 44.3 Å². The molecule has 4 nitrogen and oxygen atoms in total. The fourth-order valence-electron chi connectivity index (χ4n) is 3.05. The van der Waals surface area contributed by atoms with Crippen molar-refractivity contribution in [1.82, 2.24) is 0 Å². The monoisotopic (exact) mass is 378 g/mol. The fourth-order valence-corrected chi connectivity index (χ4v) is 3.05. The molecule has 0 heterocycles. The average molecular weight is 378 g/mol. The average Bonchev–Trinajstić information content (AvgIpc) is 2.74. The number of nitrogens with two attached hydrogens (primary N) is 1. The summed E-state index contributed by atoms with van der Waals surface area (Å²) in [4.78, 5) is 0. The number of hydrogen-bond acceptors (Lipinski definition) is 3. The van der Waals surface area contributed by atoms with Crippen LogP contribution < -0.4 is 19.5 Å². The van der Waals surface area contributed by atoms with Crippen molar-refractivity contribution in [2.75, 3.05) is 14.2 Å². The Morgan fingerprint density at radius 3 is 2.18 bits per heavy atom. The molecule has 0 unspecified atom stereocenters. The Bertz CT molecular complexity index is 891. The SMILES string of the molecule is COc1ccc(C[NH2+]Cc2ccc(OCc3ccccc3C)c(OC)c2)cc1. The maximum atomic E-state index is 6.00. The molecule has 3 aromatic rings. The summed E-state index contributed by atoms with van der Waals surface area (Å²) >= 11 is 0. The summed E-state index contributed by atoms with van der Waals surface area (Å²) in [5, 5.41) is 2.27. The predicted molar refractivity (Wildman–Crippen MR) is 111 cm³/mol. The van der Waals surface area contributed by atoms with E-state index in [1.807, 2.05) is 30.3 Å². The van der Waals surface area contributed by atoms with Gasteiger partial charge >= 0.3 is 0 Å². The van der Waals surface area contributed by atoms with Gasteiger partial charge in [-0.1, -0.05) is 24.3 Å². The summed E-state index contributed by atoms with van der Waals surface area (Å²) in [5.74, 6) is 2.42. The van der Waals surface area contributed by atoms with Crippen LogP contribution in [-0.4, -0.2) is 14.2 Å². The Morgan fingerprint density at radius 1 is 0.750 bits per heavy atom. The molecule has 146 valence electrons. The highest BCUT2D eigenvalue weighted by Gasteiger charge is 2.08. The molecule has 0 aliphatic carbocycles. The van der Waals surface area contributed by atoms with Crippen LogP contribution in [0.15, 0.2) is 66.7 Å². The molecule has 0 saturated carbocycles. The minimum Gasteiger partial charge on any atom is -0.497 e. The molecule has 0 radical (unpaired) electrons. The van der Waals surface area contributed by atoms with Gasteiger partial charge in [-0.2, -0.15) is 0 Å². The van der Waals surface area contributed by atoms with Gasteiger partial charge in [0, 0.05) is 11.1 Å². The van der Waals surface area contributed by atoms with E-state index in [0.717, 1.165) is 30.3 Å². The van der Waals surface area contributed by atoms with Gasteiger partial charge < -0.3 is 19.5 Å². The zero-order valence-corrected chi connectivity index (χ0v) is 16.8. The molecular formula is C24H28NO3+. The first kappa shape index (κ1) is 19.8. The Balaban J connectivity index is 1.56. The number of rotatable bonds is 9. The molecule has 0 bridgehead atoms. The van der Waals surface area contributed by atoms with Gasteiger partial charge in [-0.25, -0.2) is 0 Å². The molecule has 2 N–H and O–H groups in total. The lowest BCUT2D eigenvalue weighted by Gasteiger charge is -2.13. The Labute approximate surface area is 167 Å². The van der Waals surface area contributed by atoms with Crippen LogP contribution in [0.3, 0.4) is 0 Å². The van der Waals surface area contributed by atoms with Crippen LogP contribution in [0, 0.1) is 6.92 Å². The second-order valence-electron chi connectivity index (χ2n) is 6.75. The van der Waals surface area contributed by atoms with Crippen LogP contribution in [-0.2, 0) is 19.7 Å². The highest BCUT2D eigenvalue weighted by molar-refractivity contribution is 5.43. The number of hydrogen-bond donors (Lipinski definition) is 1. The van der Waals surface area contributed by atoms with E-state index in [0.29, 0.717) is 6.61 Å². The van der Waals surface area contributed by atoms with Crippen LogP contribution in [0.5, 0.6) is 17.2 Å². The normalized spacial score (nSPS) is 10.5. The quantitative estimate of drug-likeness (QED) is 0.615. The summed E-state index contributed by atoms with van der Waals surface area (Å²) in [5.41, 5.74) is 4.88. The third-order valence-electron chi connectivity index (χ3n) is 4.79. The van der Waals surface area contributed by atoms with Crippen LogP contribution in [0.2, 0.25) is 0 Å². The number of aryl methyl sites for hydroxylation is 1. The van der Waals surface area contributed by atoms with E-state index in [1.54, 1.807) is 14.2 Å². The summed E-state index contributed by atoms with van der Waals surface area (Å²) in [6, 6.07) is 22.6. The Morgan fingerprint density at radius 2 is 1.46 bits per heavy atom. The molecule has 0 atom stereocenters. The van der Waals surface area contributed by atoms with E-state index in [2.05, 4.69) is 48.6 Å². The molecule has 3 aromatic carbocycles. The summed E-state index contributed by atoms with van der Waals surface area (Å²) < 4.78 is 16.7. The number of methoxy groups -OCH3 is 2. The molecule has 28 heavy (non-hydrogen) atoms. The lowest BCUT2D eigenvalue weighted by Crippen LogP contribution is -2.80. The standard InChI is InChI=1S/C24H27NO3/c1-18-6-4-5-7-21(18)17-28-23-13-10-20(14-24(23)27-3)16-25-15-19-8-11-22(26-2)12-9-19/h4-14,25H,15-17H2,1-3H3/p+1. The Kier molecular flexibility index (Phi) is 6.93. The number of ether oxygens (including phenoxy) is 3. The lowest BCUT2D eigenvalue weighted by molar-refractivity contribution is -0.686. The predicted octanol–water partition coefficient (Wildman–Crippen LogP) is 3.85. The van der Waals surface area contributed by atoms with Crippen molar-refractivity contribution in [1.29, 1.82) is 0 Å². The van der Waals surface area contributed by atoms with Crippen molar-refractivity contribution in [3.8, 4) is 17.2 Å². The third-order valence-corrected chi connectivity index (χ3v) is 4.79. The van der Waals surface area contributed by atoms with Crippen molar-refractivity contribution in [2.24, 2.45) is 0 Å². The van der Waals surface area contributed by atoms with Crippen LogP contribution in [0.1, 0.15) is 22.3 Å². The fraction of sp³-hybridized carbons (Fsp3) is 0.250. The second-order valence-corrected chi connectivity index (χ2v) is 6.75. The van der Waals surface area contributed by atoms with Gasteiger partial charge in [0.1, 0.15) is 25.4 Å². The van der Waals surface area contributed by atoms with Gasteiger partial charge in [0.25, 0.3) is 0 Å². The van der Waals surface area contributed by atoms with Crippen LogP contribution in [0.4, 0.5) is 0 Å². The Hall–Kier alpha value is -2.98. The van der Waals surface area contributed by atoms with E-state index in [9.17, 15) is 0 Å². The highest BCUT2D eigenvalue weighted by Crippen LogP contribution is 2.29. The zero-order chi connectivity index (χ0) is 19.8. The van der Waals surface area contributed by atoms with E-state index in [-0.39, 0.29) is 0 Å². The molecule has 0 amide bonds. The molecule has 0 aliphatic rings. The molecule has 4 heteroatoms. The van der Waals surface area contributed by atoms with Gasteiger partial charge in [-0.15, -0.1) is 0 Å². The van der Waals surface area contributed by atoms with Gasteiger partial charge in [0.05, 0.1) is 14.2 Å². The van der Waals surface area contributed by atoms with Crippen molar-refractivity contribution in [3.05, 3.63) is 89.0 Å². The second kappa shape index (κ2) is 9.81. The third kappa shape index (κ3) is 5.27. The van der Waals surface area contributed by atoms with Gasteiger partial charge in [0.15, 0.2) is 11.5 Å². The first-order chi connectivity index (χ1) is 13.7. The van der Waals surface area contributed by atoms with E-state index >= 15 is 0 Å². The van der Waals surface area contributed by atoms with Crippen molar-refractivity contribution in [2.45, 2.75) is 26.6 Å².